The molecule has 3 nitrogen and oxygen atoms in total. The summed E-state index contributed by atoms with van der Waals surface area (Å²) < 4.78 is 0.812. The van der Waals surface area contributed by atoms with Crippen LogP contribution in [0.25, 0.3) is 0 Å². The van der Waals surface area contributed by atoms with Gasteiger partial charge in [-0.1, -0.05) is 0 Å². The Labute approximate surface area is 63.2 Å². The van der Waals surface area contributed by atoms with E-state index in [2.05, 4.69) is 23.6 Å². The fraction of sp³-hybridized carbons (Fsp3) is 0.200. The molecule has 0 saturated heterocycles. The molecule has 0 aromatic heterocycles. The minimum atomic E-state index is 0.304. The second-order valence-corrected chi connectivity index (χ2v) is 2.59. The Hall–Kier alpha value is -0.497. The summed E-state index contributed by atoms with van der Waals surface area (Å²) in [5.41, 5.74) is 0. The molecule has 0 radical (unpaired) electrons. The molecule has 0 saturated carbocycles. The van der Waals surface area contributed by atoms with Crippen LogP contribution in [-0.2, 0) is 18.3 Å². The molecule has 1 heterocycles. The molecule has 0 aromatic carbocycles. The molecule has 4 heteroatoms. The molecular weight excluding hydrogens is 205 g/mol. The van der Waals surface area contributed by atoms with Gasteiger partial charge in [0.2, 0.25) is 0 Å². The van der Waals surface area contributed by atoms with E-state index in [0.29, 0.717) is 18.1 Å². The van der Waals surface area contributed by atoms with Crippen LogP contribution in [0.1, 0.15) is 6.42 Å². The number of amidine groups is 2. The average molecular weight is 211 g/mol. The number of nitrogens with one attached hydrogen (secondary N) is 3. The van der Waals surface area contributed by atoms with Gasteiger partial charge in [-0.3, -0.25) is 0 Å². The summed E-state index contributed by atoms with van der Waals surface area (Å²) in [6, 6.07) is 0. The first kappa shape index (κ1) is 6.62. The Bertz CT molecular complexity index is 194. The van der Waals surface area contributed by atoms with Gasteiger partial charge in [-0.15, -0.1) is 0 Å². The van der Waals surface area contributed by atoms with Gasteiger partial charge in [-0.25, -0.2) is 0 Å². The normalized spacial score (nSPS) is 19.1. The van der Waals surface area contributed by atoms with Crippen molar-refractivity contribution in [2.24, 2.45) is 0 Å². The van der Waals surface area contributed by atoms with Gasteiger partial charge in [0, 0.05) is 0 Å². The monoisotopic (exact) mass is 211 g/mol. The summed E-state index contributed by atoms with van der Waals surface area (Å²) in [5.74, 6) is 0.694. The van der Waals surface area contributed by atoms with Gasteiger partial charge in [-0.2, -0.15) is 0 Å². The van der Waals surface area contributed by atoms with Crippen molar-refractivity contribution in [1.82, 2.24) is 5.32 Å². The molecule has 1 aliphatic heterocycles. The fourth-order valence-corrected chi connectivity index (χ4v) is 0.818. The second kappa shape index (κ2) is 2.40. The Morgan fingerprint density at radius 1 is 1.56 bits per heavy atom. The average Bonchev–Trinajstić information content (AvgIpc) is 1.80. The van der Waals surface area contributed by atoms with Gasteiger partial charge in [0.1, 0.15) is 0 Å². The predicted molar refractivity (Wildman–Crippen MR) is 31.3 cm³/mol. The second-order valence-electron chi connectivity index (χ2n) is 1.71. The van der Waals surface area contributed by atoms with Crippen LogP contribution in [0.3, 0.4) is 0 Å². The van der Waals surface area contributed by atoms with Crippen LogP contribution < -0.4 is 5.32 Å². The van der Waals surface area contributed by atoms with Gasteiger partial charge < -0.3 is 0 Å². The van der Waals surface area contributed by atoms with Crippen molar-refractivity contribution >= 4 is 11.7 Å². The minimum absolute atomic E-state index is 0.304. The number of rotatable bonds is 0. The van der Waals surface area contributed by atoms with Crippen molar-refractivity contribution in [3.63, 3.8) is 0 Å². The van der Waals surface area contributed by atoms with E-state index in [1.165, 1.54) is 0 Å². The van der Waals surface area contributed by atoms with Crippen molar-refractivity contribution in [2.75, 3.05) is 0 Å². The summed E-state index contributed by atoms with van der Waals surface area (Å²) in [6.07, 6.45) is 2.43. The fourth-order valence-electron chi connectivity index (χ4n) is 0.548. The van der Waals surface area contributed by atoms with Crippen LogP contribution in [0.4, 0.5) is 0 Å². The molecular formula is C5H6N3Rh. The van der Waals surface area contributed by atoms with Crippen molar-refractivity contribution in [1.29, 1.82) is 10.8 Å². The van der Waals surface area contributed by atoms with Crippen LogP contribution in [0.2, 0.25) is 0 Å². The number of hydrogen-bond donors (Lipinski definition) is 3. The van der Waals surface area contributed by atoms with Crippen molar-refractivity contribution in [2.45, 2.75) is 6.42 Å². The predicted octanol–water partition coefficient (Wildman–Crippen LogP) is 0.365. The maximum absolute atomic E-state index is 7.18. The zero-order chi connectivity index (χ0) is 6.85. The summed E-state index contributed by atoms with van der Waals surface area (Å²) in [7, 11) is 0. The van der Waals surface area contributed by atoms with E-state index in [-0.39, 0.29) is 0 Å². The molecule has 50 valence electrons. The van der Waals surface area contributed by atoms with Gasteiger partial charge in [0.15, 0.2) is 0 Å². The SMILES string of the molecule is N=C1CC=[C]([Rh])C(=N)N1. The summed E-state index contributed by atoms with van der Waals surface area (Å²) in [5, 5.41) is 16.9. The molecule has 0 aliphatic carbocycles. The first-order valence-corrected chi connectivity index (χ1v) is 3.29. The number of hydrogen-bond acceptors (Lipinski definition) is 2. The van der Waals surface area contributed by atoms with Crippen LogP contribution in [0.5, 0.6) is 0 Å². The molecule has 0 aromatic rings. The molecule has 0 spiro atoms. The first-order chi connectivity index (χ1) is 4.20. The molecule has 9 heavy (non-hydrogen) atoms. The molecule has 3 N–H and O–H groups in total. The van der Waals surface area contributed by atoms with E-state index >= 15 is 0 Å². The molecule has 0 unspecified atom stereocenters. The molecule has 0 bridgehead atoms. The zero-order valence-electron chi connectivity index (χ0n) is 4.62. The first-order valence-electron chi connectivity index (χ1n) is 2.47. The molecule has 1 aliphatic rings. The Morgan fingerprint density at radius 3 is 2.67 bits per heavy atom. The Balaban J connectivity index is 2.79. The zero-order valence-corrected chi connectivity index (χ0v) is 6.26. The van der Waals surface area contributed by atoms with E-state index < -0.39 is 0 Å². The Kier molecular flexibility index (Phi) is 1.76. The third-order valence-electron chi connectivity index (χ3n) is 0.980. The molecule has 0 amide bonds. The topological polar surface area (TPSA) is 59.7 Å². The molecule has 0 atom stereocenters. The summed E-state index contributed by atoms with van der Waals surface area (Å²) in [4.78, 5) is 0. The summed E-state index contributed by atoms with van der Waals surface area (Å²) >= 11 is 2.62. The van der Waals surface area contributed by atoms with E-state index in [1.54, 1.807) is 0 Å². The quantitative estimate of drug-likeness (QED) is 0.498. The standard InChI is InChI=1S/C5H6N3.Rh/c6-4-2-1-3-5(7)8-4;/h1H,2H2,(H3,6,7,8);. The van der Waals surface area contributed by atoms with Crippen molar-refractivity contribution in [3.8, 4) is 0 Å². The van der Waals surface area contributed by atoms with Crippen LogP contribution in [0, 0.1) is 10.8 Å². The van der Waals surface area contributed by atoms with E-state index in [0.717, 1.165) is 4.17 Å². The van der Waals surface area contributed by atoms with Crippen molar-refractivity contribution in [3.05, 3.63) is 10.2 Å². The Morgan fingerprint density at radius 2 is 2.22 bits per heavy atom. The molecule has 1 rings (SSSR count). The third kappa shape index (κ3) is 1.45. The third-order valence-corrected chi connectivity index (χ3v) is 1.72. The maximum atomic E-state index is 7.18. The van der Waals surface area contributed by atoms with Crippen LogP contribution in [0.15, 0.2) is 10.2 Å². The van der Waals surface area contributed by atoms with Gasteiger partial charge in [-0.05, 0) is 0 Å². The van der Waals surface area contributed by atoms with Crippen LogP contribution in [-0.4, -0.2) is 11.7 Å². The van der Waals surface area contributed by atoms with E-state index in [1.807, 2.05) is 6.08 Å². The van der Waals surface area contributed by atoms with E-state index in [9.17, 15) is 0 Å². The van der Waals surface area contributed by atoms with Crippen LogP contribution >= 0.6 is 0 Å². The van der Waals surface area contributed by atoms with Gasteiger partial charge in [0.25, 0.3) is 0 Å². The summed E-state index contributed by atoms with van der Waals surface area (Å²) in [6.45, 7) is 0. The van der Waals surface area contributed by atoms with Crippen molar-refractivity contribution < 1.29 is 18.3 Å². The van der Waals surface area contributed by atoms with E-state index in [4.69, 9.17) is 10.8 Å². The molecule has 0 fully saturated rings. The van der Waals surface area contributed by atoms with Gasteiger partial charge >= 0.3 is 62.8 Å². The van der Waals surface area contributed by atoms with Gasteiger partial charge in [0.05, 0.1) is 0 Å².